The number of hydrogen-bond acceptors (Lipinski definition) is 3. The molecule has 0 aromatic heterocycles. The van der Waals surface area contributed by atoms with Crippen LogP contribution in [-0.2, 0) is 0 Å². The maximum absolute atomic E-state index is 9.91. The lowest BCUT2D eigenvalue weighted by atomic mass is 9.92. The third kappa shape index (κ3) is 3.60. The van der Waals surface area contributed by atoms with Gasteiger partial charge in [0.15, 0.2) is 0 Å². The monoisotopic (exact) mass is 259 g/mol. The van der Waals surface area contributed by atoms with Gasteiger partial charge in [-0.2, -0.15) is 0 Å². The van der Waals surface area contributed by atoms with Crippen molar-refractivity contribution in [2.24, 2.45) is 11.7 Å². The lowest BCUT2D eigenvalue weighted by Gasteiger charge is -2.23. The Kier molecular flexibility index (Phi) is 5.96. The standard InChI is InChI=1S/C13H21NO2.ClH/c1-7(2)12(15)11(14)10-5-8(3)13(16)9(4)6-10;/h5-7,11-12,15-16H,14H2,1-4H3;1H/t11-,12+;/m1./s1. The van der Waals surface area contributed by atoms with E-state index < -0.39 is 12.1 Å². The van der Waals surface area contributed by atoms with E-state index in [1.807, 2.05) is 39.8 Å². The highest BCUT2D eigenvalue weighted by atomic mass is 35.5. The molecule has 0 unspecified atom stereocenters. The zero-order valence-corrected chi connectivity index (χ0v) is 11.6. The Bertz CT molecular complexity index is 357. The predicted molar refractivity (Wildman–Crippen MR) is 72.6 cm³/mol. The molecule has 0 spiro atoms. The van der Waals surface area contributed by atoms with Crippen molar-refractivity contribution in [2.45, 2.75) is 39.8 Å². The Morgan fingerprint density at radius 3 is 1.88 bits per heavy atom. The van der Waals surface area contributed by atoms with Crippen molar-refractivity contribution in [1.82, 2.24) is 0 Å². The average molecular weight is 260 g/mol. The Balaban J connectivity index is 0.00000256. The first kappa shape index (κ1) is 16.2. The van der Waals surface area contributed by atoms with E-state index in [1.54, 1.807) is 0 Å². The van der Waals surface area contributed by atoms with Gasteiger partial charge in [0.2, 0.25) is 0 Å². The minimum absolute atomic E-state index is 0. The first-order chi connectivity index (χ1) is 7.34. The van der Waals surface area contributed by atoms with Crippen LogP contribution in [0, 0.1) is 19.8 Å². The van der Waals surface area contributed by atoms with E-state index in [1.165, 1.54) is 0 Å². The average Bonchev–Trinajstić information content (AvgIpc) is 2.22. The molecule has 17 heavy (non-hydrogen) atoms. The maximum Gasteiger partial charge on any atom is 0.121 e. The SMILES string of the molecule is Cc1cc([C@@H](N)[C@@H](O)C(C)C)cc(C)c1O.Cl. The summed E-state index contributed by atoms with van der Waals surface area (Å²) in [4.78, 5) is 0. The van der Waals surface area contributed by atoms with Gasteiger partial charge in [0.1, 0.15) is 5.75 Å². The van der Waals surface area contributed by atoms with Crippen LogP contribution in [0.15, 0.2) is 12.1 Å². The summed E-state index contributed by atoms with van der Waals surface area (Å²) < 4.78 is 0. The van der Waals surface area contributed by atoms with Crippen LogP contribution >= 0.6 is 12.4 Å². The second-order valence-electron chi connectivity index (χ2n) is 4.76. The summed E-state index contributed by atoms with van der Waals surface area (Å²) in [5.41, 5.74) is 8.45. The maximum atomic E-state index is 9.91. The number of aliphatic hydroxyl groups is 1. The van der Waals surface area contributed by atoms with Gasteiger partial charge in [-0.25, -0.2) is 0 Å². The van der Waals surface area contributed by atoms with E-state index in [0.717, 1.165) is 16.7 Å². The largest absolute Gasteiger partial charge is 0.507 e. The van der Waals surface area contributed by atoms with Crippen LogP contribution in [0.2, 0.25) is 0 Å². The molecule has 1 aromatic rings. The fraction of sp³-hybridized carbons (Fsp3) is 0.538. The molecule has 0 saturated heterocycles. The van der Waals surface area contributed by atoms with Gasteiger partial charge in [-0.15, -0.1) is 12.4 Å². The van der Waals surface area contributed by atoms with Gasteiger partial charge < -0.3 is 15.9 Å². The number of hydrogen-bond donors (Lipinski definition) is 3. The second kappa shape index (κ2) is 6.24. The fourth-order valence-electron chi connectivity index (χ4n) is 1.79. The molecular formula is C13H22ClNO2. The molecule has 0 amide bonds. The van der Waals surface area contributed by atoms with Crippen molar-refractivity contribution in [1.29, 1.82) is 0 Å². The Labute approximate surface area is 109 Å². The minimum Gasteiger partial charge on any atom is -0.507 e. The number of phenols is 1. The van der Waals surface area contributed by atoms with Crippen LogP contribution in [0.25, 0.3) is 0 Å². The molecule has 2 atom stereocenters. The smallest absolute Gasteiger partial charge is 0.121 e. The predicted octanol–water partition coefficient (Wildman–Crippen LogP) is 2.45. The van der Waals surface area contributed by atoms with Gasteiger partial charge in [-0.1, -0.05) is 26.0 Å². The van der Waals surface area contributed by atoms with E-state index in [4.69, 9.17) is 5.73 Å². The van der Waals surface area contributed by atoms with Crippen molar-refractivity contribution in [3.63, 3.8) is 0 Å². The number of benzene rings is 1. The van der Waals surface area contributed by atoms with E-state index in [0.29, 0.717) is 5.75 Å². The third-order valence-electron chi connectivity index (χ3n) is 2.95. The Morgan fingerprint density at radius 1 is 1.12 bits per heavy atom. The van der Waals surface area contributed by atoms with Gasteiger partial charge in [0.05, 0.1) is 12.1 Å². The molecule has 0 fully saturated rings. The van der Waals surface area contributed by atoms with Crippen LogP contribution in [-0.4, -0.2) is 16.3 Å². The second-order valence-corrected chi connectivity index (χ2v) is 4.76. The highest BCUT2D eigenvalue weighted by molar-refractivity contribution is 5.85. The quantitative estimate of drug-likeness (QED) is 0.781. The Morgan fingerprint density at radius 2 is 1.53 bits per heavy atom. The van der Waals surface area contributed by atoms with E-state index >= 15 is 0 Å². The van der Waals surface area contributed by atoms with Crippen molar-refractivity contribution in [3.05, 3.63) is 28.8 Å². The summed E-state index contributed by atoms with van der Waals surface area (Å²) in [6.07, 6.45) is -0.566. The zero-order chi connectivity index (χ0) is 12.5. The Hall–Kier alpha value is -0.770. The molecular weight excluding hydrogens is 238 g/mol. The van der Waals surface area contributed by atoms with Gasteiger partial charge >= 0.3 is 0 Å². The summed E-state index contributed by atoms with van der Waals surface area (Å²) in [7, 11) is 0. The van der Waals surface area contributed by atoms with E-state index in [-0.39, 0.29) is 18.3 Å². The lowest BCUT2D eigenvalue weighted by molar-refractivity contribution is 0.0979. The molecule has 0 saturated carbocycles. The van der Waals surface area contributed by atoms with Crippen LogP contribution < -0.4 is 5.73 Å². The van der Waals surface area contributed by atoms with Crippen molar-refractivity contribution in [2.75, 3.05) is 0 Å². The van der Waals surface area contributed by atoms with Gasteiger partial charge in [0.25, 0.3) is 0 Å². The zero-order valence-electron chi connectivity index (χ0n) is 10.8. The van der Waals surface area contributed by atoms with Crippen molar-refractivity contribution in [3.8, 4) is 5.75 Å². The molecule has 98 valence electrons. The molecule has 0 aliphatic carbocycles. The van der Waals surface area contributed by atoms with Gasteiger partial charge in [-0.3, -0.25) is 0 Å². The number of phenolic OH excluding ortho intramolecular Hbond substituents is 1. The minimum atomic E-state index is -0.566. The van der Waals surface area contributed by atoms with Gasteiger partial charge in [-0.05, 0) is 36.5 Å². The van der Waals surface area contributed by atoms with Crippen LogP contribution in [0.5, 0.6) is 5.75 Å². The molecule has 4 N–H and O–H groups in total. The summed E-state index contributed by atoms with van der Waals surface area (Å²) in [5, 5.41) is 19.6. The van der Waals surface area contributed by atoms with Crippen molar-refractivity contribution >= 4 is 12.4 Å². The molecule has 4 heteroatoms. The first-order valence-corrected chi connectivity index (χ1v) is 5.58. The van der Waals surface area contributed by atoms with Crippen LogP contribution in [0.4, 0.5) is 0 Å². The summed E-state index contributed by atoms with van der Waals surface area (Å²) >= 11 is 0. The van der Waals surface area contributed by atoms with Crippen molar-refractivity contribution < 1.29 is 10.2 Å². The summed E-state index contributed by atoms with van der Waals surface area (Å²) in [5.74, 6) is 0.416. The lowest BCUT2D eigenvalue weighted by Crippen LogP contribution is -2.30. The number of rotatable bonds is 3. The van der Waals surface area contributed by atoms with E-state index in [2.05, 4.69) is 0 Å². The molecule has 0 bridgehead atoms. The summed E-state index contributed by atoms with van der Waals surface area (Å²) in [6.45, 7) is 7.54. The number of aliphatic hydroxyl groups excluding tert-OH is 1. The molecule has 0 aliphatic heterocycles. The molecule has 1 aromatic carbocycles. The summed E-state index contributed by atoms with van der Waals surface area (Å²) in [6, 6.07) is 3.26. The fourth-order valence-corrected chi connectivity index (χ4v) is 1.79. The molecule has 0 radical (unpaired) electrons. The molecule has 3 nitrogen and oxygen atoms in total. The normalized spacial score (nSPS) is 14.3. The van der Waals surface area contributed by atoms with E-state index in [9.17, 15) is 10.2 Å². The van der Waals surface area contributed by atoms with Crippen LogP contribution in [0.3, 0.4) is 0 Å². The number of aromatic hydroxyl groups is 1. The third-order valence-corrected chi connectivity index (χ3v) is 2.95. The molecule has 1 rings (SSSR count). The molecule has 0 heterocycles. The number of halogens is 1. The van der Waals surface area contributed by atoms with Crippen LogP contribution in [0.1, 0.15) is 36.6 Å². The first-order valence-electron chi connectivity index (χ1n) is 5.58. The number of nitrogens with two attached hydrogens (primary N) is 1. The highest BCUT2D eigenvalue weighted by Crippen LogP contribution is 2.27. The molecule has 0 aliphatic rings. The topological polar surface area (TPSA) is 66.5 Å². The van der Waals surface area contributed by atoms with Gasteiger partial charge in [0, 0.05) is 0 Å². The number of aryl methyl sites for hydroxylation is 2. The highest BCUT2D eigenvalue weighted by Gasteiger charge is 2.21.